The van der Waals surface area contributed by atoms with E-state index >= 15 is 0 Å². The quantitative estimate of drug-likeness (QED) is 0.820. The van der Waals surface area contributed by atoms with E-state index in [1.54, 1.807) is 6.07 Å². The minimum absolute atomic E-state index is 0.241. The van der Waals surface area contributed by atoms with Gasteiger partial charge in [-0.25, -0.2) is 14.4 Å². The third-order valence-electron chi connectivity index (χ3n) is 3.45. The maximum atomic E-state index is 13.2. The Hall–Kier alpha value is -1.71. The zero-order valence-corrected chi connectivity index (χ0v) is 9.49. The fourth-order valence-electron chi connectivity index (χ4n) is 2.66. The molecular weight excluding hydrogens is 217 g/mol. The van der Waals surface area contributed by atoms with Crippen LogP contribution in [0.5, 0.6) is 0 Å². The van der Waals surface area contributed by atoms with Crippen LogP contribution in [0.3, 0.4) is 0 Å². The first kappa shape index (κ1) is 10.4. The summed E-state index contributed by atoms with van der Waals surface area (Å²) >= 11 is 0. The number of benzene rings is 1. The van der Waals surface area contributed by atoms with E-state index in [9.17, 15) is 4.39 Å². The first-order valence-corrected chi connectivity index (χ1v) is 5.97. The van der Waals surface area contributed by atoms with Crippen molar-refractivity contribution in [3.05, 3.63) is 29.7 Å². The summed E-state index contributed by atoms with van der Waals surface area (Å²) in [5, 5.41) is 0.938. The molecule has 88 valence electrons. The number of halogens is 1. The molecule has 3 rings (SSSR count). The summed E-state index contributed by atoms with van der Waals surface area (Å²) in [6.07, 6.45) is 4.75. The Balaban J connectivity index is 2.21. The van der Waals surface area contributed by atoms with E-state index in [0.717, 1.165) is 23.9 Å². The van der Waals surface area contributed by atoms with E-state index < -0.39 is 0 Å². The molecule has 0 bridgehead atoms. The number of nitrogens with two attached hydrogens (primary N) is 1. The molecule has 0 spiro atoms. The summed E-state index contributed by atoms with van der Waals surface area (Å²) < 4.78 is 13.2. The highest BCUT2D eigenvalue weighted by molar-refractivity contribution is 5.82. The monoisotopic (exact) mass is 231 g/mol. The van der Waals surface area contributed by atoms with Gasteiger partial charge in [-0.05, 0) is 25.0 Å². The van der Waals surface area contributed by atoms with Gasteiger partial charge in [0.05, 0.1) is 11.2 Å². The van der Waals surface area contributed by atoms with Crippen molar-refractivity contribution in [2.45, 2.75) is 31.6 Å². The number of aromatic nitrogens is 2. The highest BCUT2D eigenvalue weighted by Gasteiger charge is 2.21. The molecule has 2 aromatic rings. The van der Waals surface area contributed by atoms with Gasteiger partial charge in [-0.15, -0.1) is 0 Å². The van der Waals surface area contributed by atoms with E-state index in [1.165, 1.54) is 25.0 Å². The molecule has 2 N–H and O–H groups in total. The molecule has 1 aliphatic carbocycles. The van der Waals surface area contributed by atoms with Crippen LogP contribution in [0, 0.1) is 5.82 Å². The molecule has 0 radical (unpaired) electrons. The van der Waals surface area contributed by atoms with Gasteiger partial charge in [0, 0.05) is 17.4 Å². The smallest absolute Gasteiger partial charge is 0.220 e. The van der Waals surface area contributed by atoms with E-state index in [-0.39, 0.29) is 11.8 Å². The molecule has 1 aromatic heterocycles. The van der Waals surface area contributed by atoms with Crippen molar-refractivity contribution >= 4 is 16.9 Å². The molecule has 1 aliphatic rings. The van der Waals surface area contributed by atoms with Gasteiger partial charge in [0.2, 0.25) is 5.95 Å². The second-order valence-corrected chi connectivity index (χ2v) is 4.61. The predicted octanol–water partition coefficient (Wildman–Crippen LogP) is 3.01. The Morgan fingerprint density at radius 2 is 1.94 bits per heavy atom. The first-order valence-electron chi connectivity index (χ1n) is 5.97. The molecule has 1 heterocycles. The van der Waals surface area contributed by atoms with Gasteiger partial charge < -0.3 is 5.73 Å². The summed E-state index contributed by atoms with van der Waals surface area (Å²) in [6, 6.07) is 4.64. The van der Waals surface area contributed by atoms with Gasteiger partial charge in [-0.2, -0.15) is 0 Å². The van der Waals surface area contributed by atoms with Gasteiger partial charge in [0.1, 0.15) is 5.82 Å². The molecule has 1 fully saturated rings. The molecule has 17 heavy (non-hydrogen) atoms. The minimum atomic E-state index is -0.284. The van der Waals surface area contributed by atoms with Crippen LogP contribution in [0.2, 0.25) is 0 Å². The fourth-order valence-corrected chi connectivity index (χ4v) is 2.66. The molecular formula is C13H14FN3. The Bertz CT molecular complexity index is 557. The number of hydrogen-bond acceptors (Lipinski definition) is 3. The number of anilines is 1. The van der Waals surface area contributed by atoms with Crippen molar-refractivity contribution in [1.82, 2.24) is 9.97 Å². The van der Waals surface area contributed by atoms with Crippen LogP contribution in [0.25, 0.3) is 10.9 Å². The van der Waals surface area contributed by atoms with Crippen molar-refractivity contribution < 1.29 is 4.39 Å². The van der Waals surface area contributed by atoms with E-state index in [0.29, 0.717) is 11.4 Å². The van der Waals surface area contributed by atoms with Crippen LogP contribution in [0.4, 0.5) is 10.3 Å². The lowest BCUT2D eigenvalue weighted by molar-refractivity contribution is 0.629. The van der Waals surface area contributed by atoms with Crippen molar-refractivity contribution in [1.29, 1.82) is 0 Å². The van der Waals surface area contributed by atoms with E-state index in [4.69, 9.17) is 5.73 Å². The van der Waals surface area contributed by atoms with Crippen LogP contribution >= 0.6 is 0 Å². The Labute approximate surface area is 98.9 Å². The topological polar surface area (TPSA) is 51.8 Å². The number of hydrogen-bond donors (Lipinski definition) is 1. The standard InChI is InChI=1S/C13H14FN3/c14-9-5-6-10-11(7-9)16-13(15)17-12(10)8-3-1-2-4-8/h5-8H,1-4H2,(H2,15,16,17). The number of nitrogens with zero attached hydrogens (tertiary/aromatic N) is 2. The Morgan fingerprint density at radius 3 is 2.71 bits per heavy atom. The zero-order valence-electron chi connectivity index (χ0n) is 9.49. The molecule has 0 amide bonds. The maximum Gasteiger partial charge on any atom is 0.220 e. The highest BCUT2D eigenvalue weighted by atomic mass is 19.1. The average Bonchev–Trinajstić information content (AvgIpc) is 2.80. The van der Waals surface area contributed by atoms with Crippen molar-refractivity contribution in [3.8, 4) is 0 Å². The SMILES string of the molecule is Nc1nc(C2CCCC2)c2ccc(F)cc2n1. The van der Waals surface area contributed by atoms with Crippen molar-refractivity contribution in [2.24, 2.45) is 0 Å². The van der Waals surface area contributed by atoms with E-state index in [2.05, 4.69) is 9.97 Å². The molecule has 3 nitrogen and oxygen atoms in total. The minimum Gasteiger partial charge on any atom is -0.368 e. The van der Waals surface area contributed by atoms with Crippen LogP contribution in [-0.2, 0) is 0 Å². The molecule has 0 aliphatic heterocycles. The number of nitrogen functional groups attached to an aromatic ring is 1. The lowest BCUT2D eigenvalue weighted by atomic mass is 9.99. The van der Waals surface area contributed by atoms with Gasteiger partial charge in [0.25, 0.3) is 0 Å². The van der Waals surface area contributed by atoms with Gasteiger partial charge in [0.15, 0.2) is 0 Å². The van der Waals surface area contributed by atoms with Crippen LogP contribution in [0.1, 0.15) is 37.3 Å². The second-order valence-electron chi connectivity index (χ2n) is 4.61. The lowest BCUT2D eigenvalue weighted by Gasteiger charge is -2.12. The maximum absolute atomic E-state index is 13.2. The van der Waals surface area contributed by atoms with Crippen LogP contribution in [-0.4, -0.2) is 9.97 Å². The highest BCUT2D eigenvalue weighted by Crippen LogP contribution is 2.36. The van der Waals surface area contributed by atoms with Crippen LogP contribution in [0.15, 0.2) is 18.2 Å². The molecule has 0 saturated heterocycles. The van der Waals surface area contributed by atoms with Crippen molar-refractivity contribution in [2.75, 3.05) is 5.73 Å². The Morgan fingerprint density at radius 1 is 1.18 bits per heavy atom. The van der Waals surface area contributed by atoms with Crippen LogP contribution < -0.4 is 5.73 Å². The zero-order chi connectivity index (χ0) is 11.8. The number of fused-ring (bicyclic) bond motifs is 1. The molecule has 1 aromatic carbocycles. The summed E-state index contributed by atoms with van der Waals surface area (Å²) in [4.78, 5) is 8.45. The van der Waals surface area contributed by atoms with Crippen molar-refractivity contribution in [3.63, 3.8) is 0 Å². The van der Waals surface area contributed by atoms with Gasteiger partial charge in [-0.1, -0.05) is 12.8 Å². The second kappa shape index (κ2) is 3.95. The molecule has 0 atom stereocenters. The Kier molecular flexibility index (Phi) is 2.42. The van der Waals surface area contributed by atoms with Gasteiger partial charge in [-0.3, -0.25) is 0 Å². The normalized spacial score (nSPS) is 16.8. The summed E-state index contributed by atoms with van der Waals surface area (Å²) in [6.45, 7) is 0. The molecule has 0 unspecified atom stereocenters. The van der Waals surface area contributed by atoms with E-state index in [1.807, 2.05) is 0 Å². The van der Waals surface area contributed by atoms with Gasteiger partial charge >= 0.3 is 0 Å². The third-order valence-corrected chi connectivity index (χ3v) is 3.45. The molecule has 1 saturated carbocycles. The summed E-state index contributed by atoms with van der Waals surface area (Å²) in [5.41, 5.74) is 7.30. The molecule has 4 heteroatoms. The lowest BCUT2D eigenvalue weighted by Crippen LogP contribution is -2.04. The number of rotatable bonds is 1. The first-order chi connectivity index (χ1) is 8.24. The summed E-state index contributed by atoms with van der Waals surface area (Å²) in [7, 11) is 0. The fraction of sp³-hybridized carbons (Fsp3) is 0.385. The summed E-state index contributed by atoms with van der Waals surface area (Å²) in [5.74, 6) is 0.409. The third kappa shape index (κ3) is 1.84. The predicted molar refractivity (Wildman–Crippen MR) is 65.1 cm³/mol. The largest absolute Gasteiger partial charge is 0.368 e. The average molecular weight is 231 g/mol.